The Hall–Kier alpha value is -2.40. The molecule has 104 valence electrons. The highest BCUT2D eigenvalue weighted by Crippen LogP contribution is 2.34. The summed E-state index contributed by atoms with van der Waals surface area (Å²) >= 11 is 1.10. The predicted octanol–water partition coefficient (Wildman–Crippen LogP) is 3.88. The summed E-state index contributed by atoms with van der Waals surface area (Å²) in [7, 11) is 0. The fourth-order valence-corrected chi connectivity index (χ4v) is 2.87. The molecule has 21 heavy (non-hydrogen) atoms. The van der Waals surface area contributed by atoms with E-state index < -0.39 is 0 Å². The number of carbonyl (C=O) groups excluding carboxylic acids is 1. The van der Waals surface area contributed by atoms with E-state index in [1.165, 1.54) is 17.0 Å². The van der Waals surface area contributed by atoms with Gasteiger partial charge in [0.15, 0.2) is 5.17 Å². The number of amidine groups is 1. The lowest BCUT2D eigenvalue weighted by Crippen LogP contribution is -2.27. The molecule has 1 fully saturated rings. The van der Waals surface area contributed by atoms with Gasteiger partial charge in [-0.1, -0.05) is 30.3 Å². The molecule has 1 aliphatic rings. The molecule has 1 aliphatic heterocycles. The minimum atomic E-state index is -0.318. The smallest absolute Gasteiger partial charge is 0.271 e. The third-order valence-corrected chi connectivity index (χ3v) is 3.89. The summed E-state index contributed by atoms with van der Waals surface area (Å²) in [5, 5.41) is 8.14. The van der Waals surface area contributed by atoms with Crippen LogP contribution in [0, 0.1) is 11.2 Å². The summed E-state index contributed by atoms with van der Waals surface area (Å²) in [4.78, 5) is 14.2. The van der Waals surface area contributed by atoms with Gasteiger partial charge in [0.25, 0.3) is 5.91 Å². The first-order valence-electron chi connectivity index (χ1n) is 6.28. The van der Waals surface area contributed by atoms with Crippen molar-refractivity contribution in [3.63, 3.8) is 0 Å². The van der Waals surface area contributed by atoms with E-state index in [9.17, 15) is 9.18 Å². The Morgan fingerprint density at radius 2 is 1.71 bits per heavy atom. The first-order chi connectivity index (χ1) is 10.1. The van der Waals surface area contributed by atoms with Crippen LogP contribution in [0.15, 0.2) is 59.5 Å². The number of nitrogens with zero attached hydrogens (tertiary/aromatic N) is 1. The van der Waals surface area contributed by atoms with Crippen LogP contribution in [0.25, 0.3) is 6.08 Å². The number of amides is 1. The molecule has 0 saturated carbocycles. The van der Waals surface area contributed by atoms with E-state index in [0.717, 1.165) is 17.3 Å². The van der Waals surface area contributed by atoms with E-state index in [2.05, 4.69) is 0 Å². The molecule has 0 atom stereocenters. The van der Waals surface area contributed by atoms with Gasteiger partial charge in [-0.05, 0) is 47.7 Å². The van der Waals surface area contributed by atoms with E-state index >= 15 is 0 Å². The van der Waals surface area contributed by atoms with Crippen molar-refractivity contribution >= 4 is 34.6 Å². The minimum Gasteiger partial charge on any atom is -0.278 e. The first-order valence-corrected chi connectivity index (χ1v) is 7.10. The summed E-state index contributed by atoms with van der Waals surface area (Å²) in [6.45, 7) is 0. The number of benzene rings is 2. The summed E-state index contributed by atoms with van der Waals surface area (Å²) in [5.74, 6) is -0.554. The second kappa shape index (κ2) is 5.54. The number of hydrogen-bond donors (Lipinski definition) is 1. The van der Waals surface area contributed by atoms with Crippen LogP contribution in [0.5, 0.6) is 0 Å². The average molecular weight is 298 g/mol. The highest BCUT2D eigenvalue weighted by molar-refractivity contribution is 8.19. The van der Waals surface area contributed by atoms with Crippen molar-refractivity contribution in [3.8, 4) is 0 Å². The molecule has 1 N–H and O–H groups in total. The van der Waals surface area contributed by atoms with Gasteiger partial charge in [0.2, 0.25) is 0 Å². The molecule has 1 heterocycles. The normalized spacial score (nSPS) is 16.8. The molecule has 1 saturated heterocycles. The lowest BCUT2D eigenvalue weighted by atomic mass is 10.2. The van der Waals surface area contributed by atoms with Gasteiger partial charge in [-0.15, -0.1) is 0 Å². The fraction of sp³-hybridized carbons (Fsp3) is 0. The lowest BCUT2D eigenvalue weighted by Gasteiger charge is -2.13. The number of nitrogens with one attached hydrogen (secondary N) is 1. The van der Waals surface area contributed by atoms with Gasteiger partial charge < -0.3 is 0 Å². The predicted molar refractivity (Wildman–Crippen MR) is 83.6 cm³/mol. The fourth-order valence-electron chi connectivity index (χ4n) is 2.01. The van der Waals surface area contributed by atoms with Gasteiger partial charge in [-0.2, -0.15) is 0 Å². The third kappa shape index (κ3) is 2.73. The van der Waals surface area contributed by atoms with Crippen molar-refractivity contribution in [2.45, 2.75) is 0 Å². The highest BCUT2D eigenvalue weighted by atomic mass is 32.2. The molecular weight excluding hydrogens is 287 g/mol. The third-order valence-electron chi connectivity index (χ3n) is 3.01. The number of halogens is 1. The Bertz CT molecular complexity index is 726. The number of anilines is 1. The van der Waals surface area contributed by atoms with Gasteiger partial charge >= 0.3 is 0 Å². The van der Waals surface area contributed by atoms with Crippen LogP contribution < -0.4 is 4.90 Å². The summed E-state index contributed by atoms with van der Waals surface area (Å²) in [6, 6.07) is 15.0. The number of para-hydroxylation sites is 1. The minimum absolute atomic E-state index is 0.166. The van der Waals surface area contributed by atoms with Crippen molar-refractivity contribution < 1.29 is 9.18 Å². The Morgan fingerprint density at radius 3 is 2.38 bits per heavy atom. The van der Waals surface area contributed by atoms with E-state index in [-0.39, 0.29) is 16.9 Å². The van der Waals surface area contributed by atoms with Crippen molar-refractivity contribution in [1.29, 1.82) is 5.41 Å². The maximum Gasteiger partial charge on any atom is 0.271 e. The van der Waals surface area contributed by atoms with Gasteiger partial charge in [0, 0.05) is 0 Å². The lowest BCUT2D eigenvalue weighted by molar-refractivity contribution is -0.113. The molecule has 0 radical (unpaired) electrons. The molecule has 0 bridgehead atoms. The highest BCUT2D eigenvalue weighted by Gasteiger charge is 2.33. The first kappa shape index (κ1) is 13.6. The van der Waals surface area contributed by atoms with Crippen LogP contribution in [0.4, 0.5) is 10.1 Å². The maximum absolute atomic E-state index is 12.9. The monoisotopic (exact) mass is 298 g/mol. The molecule has 2 aromatic carbocycles. The van der Waals surface area contributed by atoms with Gasteiger partial charge in [-0.25, -0.2) is 4.39 Å². The van der Waals surface area contributed by atoms with Crippen molar-refractivity contribution in [1.82, 2.24) is 0 Å². The largest absolute Gasteiger partial charge is 0.278 e. The molecule has 2 aromatic rings. The molecule has 5 heteroatoms. The summed E-state index contributed by atoms with van der Waals surface area (Å²) < 4.78 is 12.9. The SMILES string of the molecule is N=C1S/C(=C\c2ccc(F)cc2)C(=O)N1c1ccccc1. The molecule has 1 amide bonds. The van der Waals surface area contributed by atoms with E-state index in [0.29, 0.717) is 10.6 Å². The summed E-state index contributed by atoms with van der Waals surface area (Å²) in [5.41, 5.74) is 1.40. The zero-order chi connectivity index (χ0) is 14.8. The molecule has 0 aromatic heterocycles. The molecule has 0 aliphatic carbocycles. The van der Waals surface area contributed by atoms with Crippen LogP contribution in [0.1, 0.15) is 5.56 Å². The second-order valence-electron chi connectivity index (χ2n) is 4.44. The van der Waals surface area contributed by atoms with E-state index in [1.807, 2.05) is 18.2 Å². The van der Waals surface area contributed by atoms with Crippen LogP contribution in [0.2, 0.25) is 0 Å². The Morgan fingerprint density at radius 1 is 1.05 bits per heavy atom. The number of thioether (sulfide) groups is 1. The standard InChI is InChI=1S/C16H11FN2OS/c17-12-8-6-11(7-9-12)10-14-15(20)19(16(18)21-14)13-4-2-1-3-5-13/h1-10,18H/b14-10-,18-16?. The quantitative estimate of drug-likeness (QED) is 0.855. The van der Waals surface area contributed by atoms with E-state index in [4.69, 9.17) is 5.41 Å². The second-order valence-corrected chi connectivity index (χ2v) is 5.47. The van der Waals surface area contributed by atoms with Crippen LogP contribution in [-0.2, 0) is 4.79 Å². The topological polar surface area (TPSA) is 44.2 Å². The van der Waals surface area contributed by atoms with Gasteiger partial charge in [0.1, 0.15) is 5.82 Å². The van der Waals surface area contributed by atoms with Gasteiger partial charge in [-0.3, -0.25) is 15.1 Å². The molecule has 0 unspecified atom stereocenters. The van der Waals surface area contributed by atoms with Crippen molar-refractivity contribution in [3.05, 3.63) is 70.9 Å². The Labute approximate surface area is 125 Å². The molecule has 3 nitrogen and oxygen atoms in total. The van der Waals surface area contributed by atoms with Crippen LogP contribution in [0.3, 0.4) is 0 Å². The Balaban J connectivity index is 1.92. The molecule has 0 spiro atoms. The van der Waals surface area contributed by atoms with Crippen molar-refractivity contribution in [2.75, 3.05) is 4.90 Å². The number of rotatable bonds is 2. The number of hydrogen-bond acceptors (Lipinski definition) is 3. The summed E-state index contributed by atoms with van der Waals surface area (Å²) in [6.07, 6.45) is 1.67. The van der Waals surface area contributed by atoms with Crippen LogP contribution >= 0.6 is 11.8 Å². The maximum atomic E-state index is 12.9. The molecular formula is C16H11FN2OS. The molecule has 3 rings (SSSR count). The average Bonchev–Trinajstić information content (AvgIpc) is 2.77. The zero-order valence-electron chi connectivity index (χ0n) is 10.9. The van der Waals surface area contributed by atoms with Crippen molar-refractivity contribution in [2.24, 2.45) is 0 Å². The van der Waals surface area contributed by atoms with E-state index in [1.54, 1.807) is 30.3 Å². The Kier molecular flexibility index (Phi) is 3.58. The number of carbonyl (C=O) groups is 1. The van der Waals surface area contributed by atoms with Gasteiger partial charge in [0.05, 0.1) is 10.6 Å². The van der Waals surface area contributed by atoms with Crippen LogP contribution in [-0.4, -0.2) is 11.1 Å². The zero-order valence-corrected chi connectivity index (χ0v) is 11.7.